The van der Waals surface area contributed by atoms with E-state index < -0.39 is 8.07 Å². The summed E-state index contributed by atoms with van der Waals surface area (Å²) in [6.07, 6.45) is 1.88. The molecule has 0 bridgehead atoms. The van der Waals surface area contributed by atoms with Crippen molar-refractivity contribution in [2.24, 2.45) is 0 Å². The van der Waals surface area contributed by atoms with E-state index in [4.69, 9.17) is 4.74 Å². The van der Waals surface area contributed by atoms with Crippen LogP contribution in [0.4, 0.5) is 0 Å². The van der Waals surface area contributed by atoms with Crippen molar-refractivity contribution in [3.8, 4) is 0 Å². The van der Waals surface area contributed by atoms with Gasteiger partial charge in [0.15, 0.2) is 0 Å². The molecule has 0 aliphatic heterocycles. The van der Waals surface area contributed by atoms with E-state index in [1.807, 2.05) is 0 Å². The van der Waals surface area contributed by atoms with Crippen LogP contribution < -0.4 is 0 Å². The van der Waals surface area contributed by atoms with Crippen molar-refractivity contribution >= 4 is 14.5 Å². The molecule has 0 aromatic carbocycles. The van der Waals surface area contributed by atoms with Gasteiger partial charge in [0.25, 0.3) is 6.47 Å². The van der Waals surface area contributed by atoms with Crippen LogP contribution in [-0.2, 0) is 14.3 Å². The molecule has 4 heteroatoms. The maximum Gasteiger partial charge on any atom is 0.293 e. The van der Waals surface area contributed by atoms with Gasteiger partial charge in [0.2, 0.25) is 0 Å². The van der Waals surface area contributed by atoms with Crippen LogP contribution in [0.5, 0.6) is 0 Å². The minimum Gasteiger partial charge on any atom is -0.468 e. The van der Waals surface area contributed by atoms with Gasteiger partial charge in [0, 0.05) is 13.2 Å². The third-order valence-electron chi connectivity index (χ3n) is 3.90. The molecule has 0 spiro atoms. The van der Waals surface area contributed by atoms with E-state index in [1.54, 1.807) is 0 Å². The molecule has 0 aliphatic carbocycles. The molecular weight excluding hydrogens is 232 g/mol. The Morgan fingerprint density at radius 3 is 2.06 bits per heavy atom. The molecule has 0 rings (SSSR count). The summed E-state index contributed by atoms with van der Waals surface area (Å²) in [6.45, 7) is 9.72. The quantitative estimate of drug-likeness (QED) is 0.306. The zero-order valence-corrected chi connectivity index (χ0v) is 12.7. The molecule has 0 aromatic rings. The van der Waals surface area contributed by atoms with E-state index in [0.717, 1.165) is 26.1 Å². The van der Waals surface area contributed by atoms with E-state index in [1.165, 1.54) is 24.2 Å². The molecule has 3 nitrogen and oxygen atoms in total. The Hall–Kier alpha value is -0.353. The van der Waals surface area contributed by atoms with E-state index >= 15 is 0 Å². The second kappa shape index (κ2) is 10.8. The first kappa shape index (κ1) is 16.6. The summed E-state index contributed by atoms with van der Waals surface area (Å²) in [5, 5.41) is 0. The fourth-order valence-corrected chi connectivity index (χ4v) is 5.25. The summed E-state index contributed by atoms with van der Waals surface area (Å²) in [7, 11) is -0.995. The Bertz CT molecular complexity index is 173. The fourth-order valence-electron chi connectivity index (χ4n) is 2.11. The van der Waals surface area contributed by atoms with Crippen LogP contribution in [0.15, 0.2) is 0 Å². The summed E-state index contributed by atoms with van der Waals surface area (Å²) in [5.41, 5.74) is 0. The van der Waals surface area contributed by atoms with Gasteiger partial charge in [0.05, 0.1) is 14.7 Å². The second-order valence-electron chi connectivity index (χ2n) is 4.60. The first-order valence-corrected chi connectivity index (χ1v) is 9.70. The van der Waals surface area contributed by atoms with Crippen LogP contribution >= 0.6 is 0 Å². The lowest BCUT2D eigenvalue weighted by Gasteiger charge is -2.27. The van der Waals surface area contributed by atoms with E-state index in [2.05, 4.69) is 25.5 Å². The monoisotopic (exact) mass is 260 g/mol. The highest BCUT2D eigenvalue weighted by atomic mass is 28.3. The van der Waals surface area contributed by atoms with Crippen molar-refractivity contribution in [2.45, 2.75) is 57.8 Å². The molecule has 0 atom stereocenters. The Kier molecular flexibility index (Phi) is 10.6. The molecule has 102 valence electrons. The van der Waals surface area contributed by atoms with Gasteiger partial charge in [-0.2, -0.15) is 0 Å². The molecule has 0 saturated heterocycles. The first-order valence-electron chi connectivity index (χ1n) is 6.87. The minimum atomic E-state index is -0.995. The smallest absolute Gasteiger partial charge is 0.293 e. The van der Waals surface area contributed by atoms with Crippen LogP contribution in [0, 0.1) is 0 Å². The average Bonchev–Trinajstić information content (AvgIpc) is 2.38. The third kappa shape index (κ3) is 7.55. The Morgan fingerprint density at radius 1 is 0.941 bits per heavy atom. The molecular formula is C13H28O3Si. The molecule has 0 amide bonds. The Balaban J connectivity index is 3.46. The van der Waals surface area contributed by atoms with Crippen molar-refractivity contribution in [2.75, 3.05) is 19.8 Å². The topological polar surface area (TPSA) is 35.5 Å². The molecule has 0 saturated carbocycles. The predicted octanol–water partition coefficient (Wildman–Crippen LogP) is 3.46. The summed E-state index contributed by atoms with van der Waals surface area (Å²) in [4.78, 5) is 9.90. The van der Waals surface area contributed by atoms with E-state index in [-0.39, 0.29) is 0 Å². The highest BCUT2D eigenvalue weighted by molar-refractivity contribution is 6.79. The molecule has 0 radical (unpaired) electrons. The van der Waals surface area contributed by atoms with Crippen LogP contribution in [0.25, 0.3) is 0 Å². The number of unbranched alkanes of at least 4 members (excludes halogenated alkanes) is 1. The number of carbonyl (C=O) groups is 1. The number of ether oxygens (including phenoxy) is 2. The lowest BCUT2D eigenvalue weighted by molar-refractivity contribution is -0.128. The minimum absolute atomic E-state index is 0.505. The van der Waals surface area contributed by atoms with Gasteiger partial charge >= 0.3 is 0 Å². The largest absolute Gasteiger partial charge is 0.468 e. The van der Waals surface area contributed by atoms with Gasteiger partial charge in [-0.05, 0) is 18.9 Å². The van der Waals surface area contributed by atoms with Gasteiger partial charge < -0.3 is 9.47 Å². The van der Waals surface area contributed by atoms with Gasteiger partial charge in [-0.25, -0.2) is 0 Å². The van der Waals surface area contributed by atoms with Crippen molar-refractivity contribution in [1.82, 2.24) is 0 Å². The molecule has 0 fully saturated rings. The van der Waals surface area contributed by atoms with Crippen LogP contribution in [0.2, 0.25) is 24.2 Å². The maximum absolute atomic E-state index is 9.90. The van der Waals surface area contributed by atoms with Crippen molar-refractivity contribution in [1.29, 1.82) is 0 Å². The Labute approximate surface area is 107 Å². The highest BCUT2D eigenvalue weighted by Crippen LogP contribution is 2.24. The predicted molar refractivity (Wildman–Crippen MR) is 74.1 cm³/mol. The second-order valence-corrected chi connectivity index (χ2v) is 10.2. The zero-order chi connectivity index (χ0) is 13.0. The summed E-state index contributed by atoms with van der Waals surface area (Å²) >= 11 is 0. The summed E-state index contributed by atoms with van der Waals surface area (Å²) in [6, 6.07) is 5.41. The maximum atomic E-state index is 9.90. The number of carbonyl (C=O) groups excluding carboxylic acids is 1. The lowest BCUT2D eigenvalue weighted by Crippen LogP contribution is -2.32. The van der Waals surface area contributed by atoms with Gasteiger partial charge in [-0.1, -0.05) is 38.9 Å². The van der Waals surface area contributed by atoms with Crippen LogP contribution in [-0.4, -0.2) is 34.4 Å². The SMILES string of the molecule is CC[Si](CC)(CC)CCOCCCCOC=O. The average molecular weight is 260 g/mol. The number of rotatable bonds is 12. The lowest BCUT2D eigenvalue weighted by atomic mass is 10.3. The van der Waals surface area contributed by atoms with E-state index in [0.29, 0.717) is 13.1 Å². The van der Waals surface area contributed by atoms with Gasteiger partial charge in [0.1, 0.15) is 0 Å². The standard InChI is InChI=1S/C13H28O3Si/c1-4-17(5-2,6-3)12-11-15-9-7-8-10-16-13-14/h13H,4-12H2,1-3H3. The molecule has 0 unspecified atom stereocenters. The fraction of sp³-hybridized carbons (Fsp3) is 0.923. The van der Waals surface area contributed by atoms with Gasteiger partial charge in [-0.15, -0.1) is 0 Å². The van der Waals surface area contributed by atoms with Crippen molar-refractivity contribution in [3.63, 3.8) is 0 Å². The molecule has 17 heavy (non-hydrogen) atoms. The Morgan fingerprint density at radius 2 is 1.53 bits per heavy atom. The highest BCUT2D eigenvalue weighted by Gasteiger charge is 2.25. The van der Waals surface area contributed by atoms with E-state index in [9.17, 15) is 4.79 Å². The molecule has 0 aromatic heterocycles. The number of hydrogen-bond donors (Lipinski definition) is 0. The van der Waals surface area contributed by atoms with Crippen molar-refractivity contribution in [3.05, 3.63) is 0 Å². The summed E-state index contributed by atoms with van der Waals surface area (Å²) < 4.78 is 10.3. The normalized spacial score (nSPS) is 11.5. The third-order valence-corrected chi connectivity index (χ3v) is 9.66. The zero-order valence-electron chi connectivity index (χ0n) is 11.7. The number of hydrogen-bond acceptors (Lipinski definition) is 3. The van der Waals surface area contributed by atoms with Gasteiger partial charge in [-0.3, -0.25) is 4.79 Å². The molecule has 0 N–H and O–H groups in total. The summed E-state index contributed by atoms with van der Waals surface area (Å²) in [5.74, 6) is 0. The van der Waals surface area contributed by atoms with Crippen molar-refractivity contribution < 1.29 is 14.3 Å². The van der Waals surface area contributed by atoms with Crippen LogP contribution in [0.3, 0.4) is 0 Å². The molecule has 0 heterocycles. The molecule has 0 aliphatic rings. The van der Waals surface area contributed by atoms with Crippen LogP contribution in [0.1, 0.15) is 33.6 Å². The first-order chi connectivity index (χ1) is 8.24.